The molecule has 0 aliphatic rings. The van der Waals surface area contributed by atoms with Crippen LogP contribution in [-0.2, 0) is 14.8 Å². The summed E-state index contributed by atoms with van der Waals surface area (Å²) in [5, 5.41) is 2.81. The average Bonchev–Trinajstić information content (AvgIpc) is 2.74. The highest BCUT2D eigenvalue weighted by Gasteiger charge is 2.23. The van der Waals surface area contributed by atoms with Gasteiger partial charge >= 0.3 is 0 Å². The quantitative estimate of drug-likeness (QED) is 0.484. The van der Waals surface area contributed by atoms with Crippen molar-refractivity contribution in [1.82, 2.24) is 5.32 Å². The second kappa shape index (κ2) is 11.8. The standard InChI is InChI=1S/C24H34N2O5S/c1-18(2)22-12-6-9-19(3)24(22)26(32(5,28)29)15-8-13-23(27)25-14-16-31-21-11-7-10-20(17-21)30-4/h6-7,9-12,17-18H,8,13-16H2,1-5H3,(H,25,27). The highest BCUT2D eigenvalue weighted by Crippen LogP contribution is 2.32. The molecule has 1 N–H and O–H groups in total. The zero-order valence-electron chi connectivity index (χ0n) is 19.6. The summed E-state index contributed by atoms with van der Waals surface area (Å²) < 4.78 is 37.2. The molecular formula is C24H34N2O5S. The molecule has 0 unspecified atom stereocenters. The molecule has 0 aliphatic heterocycles. The van der Waals surface area contributed by atoms with Crippen LogP contribution in [-0.4, -0.2) is 47.4 Å². The van der Waals surface area contributed by atoms with Gasteiger partial charge in [0.1, 0.15) is 18.1 Å². The summed E-state index contributed by atoms with van der Waals surface area (Å²) in [6, 6.07) is 13.1. The molecule has 32 heavy (non-hydrogen) atoms. The first-order valence-electron chi connectivity index (χ1n) is 10.7. The molecular weight excluding hydrogens is 428 g/mol. The minimum absolute atomic E-state index is 0.137. The summed E-state index contributed by atoms with van der Waals surface area (Å²) >= 11 is 0. The fourth-order valence-electron chi connectivity index (χ4n) is 3.45. The molecule has 0 spiro atoms. The van der Waals surface area contributed by atoms with Crippen molar-refractivity contribution in [2.24, 2.45) is 0 Å². The van der Waals surface area contributed by atoms with E-state index in [-0.39, 0.29) is 24.8 Å². The lowest BCUT2D eigenvalue weighted by Crippen LogP contribution is -2.34. The van der Waals surface area contributed by atoms with Crippen LogP contribution in [0.4, 0.5) is 5.69 Å². The number of ether oxygens (including phenoxy) is 2. The molecule has 0 fully saturated rings. The lowest BCUT2D eigenvalue weighted by molar-refractivity contribution is -0.121. The van der Waals surface area contributed by atoms with E-state index in [2.05, 4.69) is 5.32 Å². The Bertz CT molecular complexity index is 1010. The van der Waals surface area contributed by atoms with Crippen LogP contribution in [0.1, 0.15) is 43.7 Å². The summed E-state index contributed by atoms with van der Waals surface area (Å²) in [5.74, 6) is 1.42. The fourth-order valence-corrected chi connectivity index (χ4v) is 4.50. The monoisotopic (exact) mass is 462 g/mol. The summed E-state index contributed by atoms with van der Waals surface area (Å²) in [6.45, 7) is 6.93. The number of carbonyl (C=O) groups is 1. The Labute approximate surface area is 191 Å². The van der Waals surface area contributed by atoms with Crippen molar-refractivity contribution in [2.75, 3.05) is 37.4 Å². The Balaban J connectivity index is 1.88. The van der Waals surface area contributed by atoms with Gasteiger partial charge in [0.05, 0.1) is 25.6 Å². The van der Waals surface area contributed by atoms with Gasteiger partial charge in [-0.25, -0.2) is 8.42 Å². The Kier molecular flexibility index (Phi) is 9.38. The van der Waals surface area contributed by atoms with Crippen LogP contribution in [0.25, 0.3) is 0 Å². The second-order valence-corrected chi connectivity index (χ2v) is 9.89. The third kappa shape index (κ3) is 7.44. The number of amides is 1. The van der Waals surface area contributed by atoms with Crippen molar-refractivity contribution in [2.45, 2.75) is 39.5 Å². The Hall–Kier alpha value is -2.74. The molecule has 8 heteroatoms. The van der Waals surface area contributed by atoms with Crippen molar-refractivity contribution in [3.05, 3.63) is 53.6 Å². The highest BCUT2D eigenvalue weighted by molar-refractivity contribution is 7.92. The molecule has 0 aliphatic carbocycles. The fraction of sp³-hybridized carbons (Fsp3) is 0.458. The molecule has 0 heterocycles. The number of nitrogens with zero attached hydrogens (tertiary/aromatic N) is 1. The smallest absolute Gasteiger partial charge is 0.232 e. The zero-order valence-corrected chi connectivity index (χ0v) is 20.4. The predicted octanol–water partition coefficient (Wildman–Crippen LogP) is 3.87. The average molecular weight is 463 g/mol. The van der Waals surface area contributed by atoms with Crippen molar-refractivity contribution in [3.8, 4) is 11.5 Å². The molecule has 1 amide bonds. The van der Waals surface area contributed by atoms with E-state index < -0.39 is 10.0 Å². The van der Waals surface area contributed by atoms with Gasteiger partial charge in [-0.3, -0.25) is 9.10 Å². The molecule has 2 aromatic rings. The van der Waals surface area contributed by atoms with E-state index in [0.29, 0.717) is 31.1 Å². The van der Waals surface area contributed by atoms with Crippen molar-refractivity contribution in [3.63, 3.8) is 0 Å². The number of rotatable bonds is 12. The van der Waals surface area contributed by atoms with Gasteiger partial charge in [-0.15, -0.1) is 0 Å². The molecule has 0 bridgehead atoms. The highest BCUT2D eigenvalue weighted by atomic mass is 32.2. The number of nitrogens with one attached hydrogen (secondary N) is 1. The van der Waals surface area contributed by atoms with E-state index in [0.717, 1.165) is 16.8 Å². The van der Waals surface area contributed by atoms with Crippen molar-refractivity contribution >= 4 is 21.6 Å². The molecule has 0 aromatic heterocycles. The Morgan fingerprint density at radius 3 is 2.47 bits per heavy atom. The number of anilines is 1. The van der Waals surface area contributed by atoms with E-state index >= 15 is 0 Å². The summed E-state index contributed by atoms with van der Waals surface area (Å²) in [5.41, 5.74) is 2.60. The lowest BCUT2D eigenvalue weighted by Gasteiger charge is -2.28. The number of aryl methyl sites for hydroxylation is 1. The first kappa shape index (κ1) is 25.5. The molecule has 0 saturated carbocycles. The topological polar surface area (TPSA) is 84.9 Å². The predicted molar refractivity (Wildman–Crippen MR) is 128 cm³/mol. The van der Waals surface area contributed by atoms with E-state index in [4.69, 9.17) is 9.47 Å². The molecule has 0 atom stereocenters. The Morgan fingerprint density at radius 1 is 1.12 bits per heavy atom. The molecule has 2 rings (SSSR count). The number of benzene rings is 2. The maximum Gasteiger partial charge on any atom is 0.232 e. The minimum Gasteiger partial charge on any atom is -0.497 e. The van der Waals surface area contributed by atoms with Gasteiger partial charge < -0.3 is 14.8 Å². The van der Waals surface area contributed by atoms with E-state index in [1.807, 2.05) is 57.2 Å². The van der Waals surface area contributed by atoms with Crippen molar-refractivity contribution < 1.29 is 22.7 Å². The van der Waals surface area contributed by atoms with Gasteiger partial charge in [-0.1, -0.05) is 38.1 Å². The second-order valence-electron chi connectivity index (χ2n) is 7.98. The normalized spacial score (nSPS) is 11.3. The molecule has 176 valence electrons. The molecule has 0 saturated heterocycles. The first-order chi connectivity index (χ1) is 15.1. The summed E-state index contributed by atoms with van der Waals surface area (Å²) in [6.07, 6.45) is 1.86. The lowest BCUT2D eigenvalue weighted by atomic mass is 9.98. The SMILES string of the molecule is COc1cccc(OCCNC(=O)CCCN(c2c(C)cccc2C(C)C)S(C)(=O)=O)c1. The van der Waals surface area contributed by atoms with Gasteiger partial charge in [-0.05, 0) is 42.5 Å². The molecule has 7 nitrogen and oxygen atoms in total. The number of carbonyl (C=O) groups excluding carboxylic acids is 1. The minimum atomic E-state index is -3.48. The molecule has 0 radical (unpaired) electrons. The van der Waals surface area contributed by atoms with E-state index in [9.17, 15) is 13.2 Å². The number of methoxy groups -OCH3 is 1. The third-order valence-corrected chi connectivity index (χ3v) is 6.21. The number of hydrogen-bond donors (Lipinski definition) is 1. The number of hydrogen-bond acceptors (Lipinski definition) is 5. The van der Waals surface area contributed by atoms with Crippen LogP contribution >= 0.6 is 0 Å². The van der Waals surface area contributed by atoms with Crippen LogP contribution < -0.4 is 19.1 Å². The zero-order chi connectivity index (χ0) is 23.7. The van der Waals surface area contributed by atoms with Gasteiger partial charge in [0.15, 0.2) is 0 Å². The van der Waals surface area contributed by atoms with Crippen LogP contribution in [0, 0.1) is 6.92 Å². The largest absolute Gasteiger partial charge is 0.497 e. The van der Waals surface area contributed by atoms with Crippen LogP contribution in [0.15, 0.2) is 42.5 Å². The van der Waals surface area contributed by atoms with E-state index in [1.54, 1.807) is 13.2 Å². The van der Waals surface area contributed by atoms with Crippen LogP contribution in [0.2, 0.25) is 0 Å². The van der Waals surface area contributed by atoms with Gasteiger partial charge in [0.25, 0.3) is 0 Å². The summed E-state index contributed by atoms with van der Waals surface area (Å²) in [7, 11) is -1.89. The first-order valence-corrected chi connectivity index (χ1v) is 12.6. The maximum absolute atomic E-state index is 12.5. The maximum atomic E-state index is 12.5. The number of para-hydroxylation sites is 1. The van der Waals surface area contributed by atoms with Gasteiger partial charge in [0.2, 0.25) is 15.9 Å². The van der Waals surface area contributed by atoms with Crippen LogP contribution in [0.3, 0.4) is 0 Å². The third-order valence-electron chi connectivity index (χ3n) is 5.04. The molecule has 2 aromatic carbocycles. The van der Waals surface area contributed by atoms with E-state index in [1.165, 1.54) is 10.6 Å². The number of sulfonamides is 1. The summed E-state index contributed by atoms with van der Waals surface area (Å²) in [4.78, 5) is 12.2. The van der Waals surface area contributed by atoms with Gasteiger partial charge in [0, 0.05) is 19.0 Å². The Morgan fingerprint density at radius 2 is 1.81 bits per heavy atom. The van der Waals surface area contributed by atoms with Crippen molar-refractivity contribution in [1.29, 1.82) is 0 Å². The van der Waals surface area contributed by atoms with Crippen LogP contribution in [0.5, 0.6) is 11.5 Å². The van der Waals surface area contributed by atoms with Gasteiger partial charge in [-0.2, -0.15) is 0 Å².